The van der Waals surface area contributed by atoms with Crippen molar-refractivity contribution in [3.05, 3.63) is 28.8 Å². The fourth-order valence-electron chi connectivity index (χ4n) is 3.18. The molecular formula is C19H31N3O4. The number of phenols is 1. The Kier molecular flexibility index (Phi) is 7.14. The third-order valence-corrected chi connectivity index (χ3v) is 4.69. The van der Waals surface area contributed by atoms with Gasteiger partial charge in [0.15, 0.2) is 0 Å². The largest absolute Gasteiger partial charge is 0.507 e. The van der Waals surface area contributed by atoms with Crippen molar-refractivity contribution in [2.45, 2.75) is 70.9 Å². The predicted octanol–water partition coefficient (Wildman–Crippen LogP) is 3.80. The molecule has 0 saturated heterocycles. The molecule has 7 heteroatoms. The fraction of sp³-hybridized carbons (Fsp3) is 0.632. The summed E-state index contributed by atoms with van der Waals surface area (Å²) in [5.41, 5.74) is 2.27. The molecule has 0 bridgehead atoms. The van der Waals surface area contributed by atoms with Crippen LogP contribution in [0.3, 0.4) is 0 Å². The maximum atomic E-state index is 10.7. The first-order chi connectivity index (χ1) is 12.2. The Morgan fingerprint density at radius 1 is 1.19 bits per heavy atom. The van der Waals surface area contributed by atoms with Crippen LogP contribution < -0.4 is 0 Å². The molecule has 0 atom stereocenters. The van der Waals surface area contributed by atoms with Crippen LogP contribution in [0, 0.1) is 0 Å². The number of rotatable bonds is 6. The number of benzene rings is 1. The number of aliphatic imine (C=N–C) groups is 1. The van der Waals surface area contributed by atoms with Crippen LogP contribution in [-0.2, 0) is 16.9 Å². The van der Waals surface area contributed by atoms with Crippen LogP contribution in [0.2, 0.25) is 0 Å². The van der Waals surface area contributed by atoms with Gasteiger partial charge in [-0.1, -0.05) is 46.1 Å². The first-order valence-corrected chi connectivity index (χ1v) is 9.13. The fourth-order valence-corrected chi connectivity index (χ4v) is 3.18. The molecule has 1 aromatic rings. The molecule has 26 heavy (non-hydrogen) atoms. The van der Waals surface area contributed by atoms with Crippen molar-refractivity contribution < 1.29 is 20.5 Å². The van der Waals surface area contributed by atoms with Crippen molar-refractivity contribution >= 4 is 6.21 Å². The molecular weight excluding hydrogens is 334 g/mol. The van der Waals surface area contributed by atoms with Gasteiger partial charge in [0, 0.05) is 30.4 Å². The zero-order valence-electron chi connectivity index (χ0n) is 16.1. The second-order valence-corrected chi connectivity index (χ2v) is 8.01. The van der Waals surface area contributed by atoms with Crippen molar-refractivity contribution in [3.8, 4) is 5.75 Å². The summed E-state index contributed by atoms with van der Waals surface area (Å²) in [5, 5.41) is 29.1. The summed E-state index contributed by atoms with van der Waals surface area (Å²) in [4.78, 5) is 9.35. The van der Waals surface area contributed by atoms with Gasteiger partial charge in [0.1, 0.15) is 5.75 Å². The third kappa shape index (κ3) is 6.03. The average molecular weight is 365 g/mol. The lowest BCUT2D eigenvalue weighted by molar-refractivity contribution is -0.553. The smallest absolute Gasteiger partial charge is 0.128 e. The highest BCUT2D eigenvalue weighted by Gasteiger charge is 2.20. The van der Waals surface area contributed by atoms with E-state index in [1.165, 1.54) is 24.3 Å². The van der Waals surface area contributed by atoms with Crippen molar-refractivity contribution in [1.82, 2.24) is 10.5 Å². The number of phenolic OH excluding ortho intramolecular Hbond substituents is 1. The van der Waals surface area contributed by atoms with Gasteiger partial charge in [-0.25, -0.2) is 0 Å². The summed E-state index contributed by atoms with van der Waals surface area (Å²) < 4.78 is 0. The van der Waals surface area contributed by atoms with E-state index in [1.54, 1.807) is 13.3 Å². The topological polar surface area (TPSA) is 88.8 Å². The van der Waals surface area contributed by atoms with E-state index >= 15 is 0 Å². The van der Waals surface area contributed by atoms with Crippen LogP contribution in [0.1, 0.15) is 69.6 Å². The van der Waals surface area contributed by atoms with E-state index in [-0.39, 0.29) is 23.1 Å². The quantitative estimate of drug-likeness (QED) is 0.525. The summed E-state index contributed by atoms with van der Waals surface area (Å²) >= 11 is 0. The first kappa shape index (κ1) is 20.8. The minimum Gasteiger partial charge on any atom is -0.507 e. The van der Waals surface area contributed by atoms with E-state index in [0.29, 0.717) is 17.2 Å². The van der Waals surface area contributed by atoms with Gasteiger partial charge in [-0.2, -0.15) is 10.0 Å². The van der Waals surface area contributed by atoms with E-state index in [2.05, 4.69) is 30.7 Å². The summed E-state index contributed by atoms with van der Waals surface area (Å²) in [6, 6.07) is 4.20. The molecule has 0 aromatic heterocycles. The average Bonchev–Trinajstić information content (AvgIpc) is 2.54. The van der Waals surface area contributed by atoms with Gasteiger partial charge in [-0.15, -0.1) is 0 Å². The maximum Gasteiger partial charge on any atom is 0.128 e. The molecule has 1 saturated carbocycles. The Bertz CT molecular complexity index is 620. The third-order valence-electron chi connectivity index (χ3n) is 4.69. The second-order valence-electron chi connectivity index (χ2n) is 8.01. The zero-order valence-corrected chi connectivity index (χ0v) is 16.1. The molecule has 0 radical (unpaired) electrons. The van der Waals surface area contributed by atoms with E-state index in [0.717, 1.165) is 18.4 Å². The molecule has 1 fully saturated rings. The van der Waals surface area contributed by atoms with E-state index < -0.39 is 0 Å². The molecule has 2 rings (SSSR count). The Morgan fingerprint density at radius 3 is 2.42 bits per heavy atom. The molecule has 0 amide bonds. The molecule has 1 aromatic carbocycles. The van der Waals surface area contributed by atoms with Crippen molar-refractivity contribution in [3.63, 3.8) is 0 Å². The van der Waals surface area contributed by atoms with E-state index in [1.807, 2.05) is 12.1 Å². The normalized spacial score (nSPS) is 16.9. The van der Waals surface area contributed by atoms with Gasteiger partial charge in [0.25, 0.3) is 0 Å². The van der Waals surface area contributed by atoms with Crippen LogP contribution in [0.4, 0.5) is 0 Å². The van der Waals surface area contributed by atoms with Crippen LogP contribution in [-0.4, -0.2) is 45.3 Å². The molecule has 0 heterocycles. The highest BCUT2D eigenvalue weighted by molar-refractivity contribution is 5.84. The van der Waals surface area contributed by atoms with Crippen molar-refractivity contribution in [1.29, 1.82) is 0 Å². The van der Waals surface area contributed by atoms with Gasteiger partial charge in [-0.05, 0) is 29.9 Å². The second kappa shape index (κ2) is 8.92. The highest BCUT2D eigenvalue weighted by Crippen LogP contribution is 2.31. The number of hydrogen-bond donors (Lipinski definition) is 3. The molecule has 146 valence electrons. The number of nitrogens with zero attached hydrogens (tertiary/aromatic N) is 3. The Morgan fingerprint density at radius 2 is 1.85 bits per heavy atom. The standard InChI is InChI=1S/C19H31N3O4/c1-19(2,3)16-10-14(12-20-17-8-6-5-7-9-17)18(23)15(11-16)13-21(4)26-22(24)25/h10-12,17,23-25H,5-9,13H2,1-4H3. The van der Waals surface area contributed by atoms with Crippen LogP contribution in [0.5, 0.6) is 5.75 Å². The molecule has 0 unspecified atom stereocenters. The molecule has 0 aliphatic heterocycles. The summed E-state index contributed by atoms with van der Waals surface area (Å²) in [5.74, 6) is 0.135. The zero-order chi connectivity index (χ0) is 19.3. The molecule has 0 spiro atoms. The summed E-state index contributed by atoms with van der Waals surface area (Å²) in [7, 11) is 1.54. The molecule has 1 aliphatic carbocycles. The maximum absolute atomic E-state index is 10.7. The van der Waals surface area contributed by atoms with E-state index in [9.17, 15) is 5.11 Å². The minimum absolute atomic E-state index is 0.102. The number of hydroxylamine groups is 2. The van der Waals surface area contributed by atoms with Crippen LogP contribution >= 0.6 is 0 Å². The summed E-state index contributed by atoms with van der Waals surface area (Å²) in [6.07, 6.45) is 7.67. The Labute approximate surface area is 155 Å². The lowest BCUT2D eigenvalue weighted by Crippen LogP contribution is -2.28. The van der Waals surface area contributed by atoms with Gasteiger partial charge < -0.3 is 5.11 Å². The van der Waals surface area contributed by atoms with E-state index in [4.69, 9.17) is 10.4 Å². The lowest BCUT2D eigenvalue weighted by Gasteiger charge is -2.24. The molecule has 3 N–H and O–H groups in total. The monoisotopic (exact) mass is 365 g/mol. The van der Waals surface area contributed by atoms with Gasteiger partial charge >= 0.3 is 0 Å². The predicted molar refractivity (Wildman–Crippen MR) is 99.2 cm³/mol. The van der Waals surface area contributed by atoms with Crippen molar-refractivity contribution in [2.75, 3.05) is 7.05 Å². The summed E-state index contributed by atoms with van der Waals surface area (Å²) in [6.45, 7) is 6.50. The van der Waals surface area contributed by atoms with Crippen LogP contribution in [0.15, 0.2) is 17.1 Å². The Balaban J connectivity index is 2.30. The van der Waals surface area contributed by atoms with Gasteiger partial charge in [0.2, 0.25) is 0 Å². The lowest BCUT2D eigenvalue weighted by atomic mass is 9.84. The molecule has 7 nitrogen and oxygen atoms in total. The Hall–Kier alpha value is -1.51. The number of hydrogen-bond acceptors (Lipinski definition) is 7. The van der Waals surface area contributed by atoms with Gasteiger partial charge in [-0.3, -0.25) is 15.4 Å². The van der Waals surface area contributed by atoms with Gasteiger partial charge in [0.05, 0.1) is 11.9 Å². The number of aromatic hydroxyl groups is 1. The van der Waals surface area contributed by atoms with Crippen LogP contribution in [0.25, 0.3) is 0 Å². The highest BCUT2D eigenvalue weighted by atomic mass is 17.1. The SMILES string of the molecule is CN(Cc1cc(C(C)(C)C)cc(C=NC2CCCCC2)c1O)ON(O)O. The molecule has 1 aliphatic rings. The first-order valence-electron chi connectivity index (χ1n) is 9.13. The minimum atomic E-state index is -0.365. The van der Waals surface area contributed by atoms with Crippen molar-refractivity contribution in [2.24, 2.45) is 4.99 Å².